The van der Waals surface area contributed by atoms with Gasteiger partial charge in [0.05, 0.1) is 11.0 Å². The van der Waals surface area contributed by atoms with Crippen LogP contribution in [0.4, 0.5) is 0 Å². The van der Waals surface area contributed by atoms with Crippen LogP contribution in [0.2, 0.25) is 0 Å². The summed E-state index contributed by atoms with van der Waals surface area (Å²) in [5, 5.41) is 0. The van der Waals surface area contributed by atoms with Crippen molar-refractivity contribution in [3.8, 4) is 0 Å². The monoisotopic (exact) mass is 326 g/mol. The number of piperidine rings is 1. The Morgan fingerprint density at radius 1 is 1.21 bits per heavy atom. The molecule has 3 fully saturated rings. The second-order valence-electron chi connectivity index (χ2n) is 7.03. The Labute approximate surface area is 140 Å². The van der Waals surface area contributed by atoms with Crippen LogP contribution in [0.5, 0.6) is 0 Å². The summed E-state index contributed by atoms with van der Waals surface area (Å²) < 4.78 is 0. The number of aromatic amines is 1. The van der Waals surface area contributed by atoms with E-state index in [0.29, 0.717) is 18.0 Å². The van der Waals surface area contributed by atoms with Crippen molar-refractivity contribution in [1.82, 2.24) is 19.8 Å². The summed E-state index contributed by atoms with van der Waals surface area (Å²) in [6, 6.07) is 5.76. The normalized spacial score (nSPS) is 23.6. The Balaban J connectivity index is 1.62. The first kappa shape index (κ1) is 15.2. The van der Waals surface area contributed by atoms with Crippen molar-refractivity contribution in [2.45, 2.75) is 32.7 Å². The molecule has 2 atom stereocenters. The maximum atomic E-state index is 13.1. The summed E-state index contributed by atoms with van der Waals surface area (Å²) >= 11 is 0. The highest BCUT2D eigenvalue weighted by Crippen LogP contribution is 2.29. The van der Waals surface area contributed by atoms with Crippen molar-refractivity contribution < 1.29 is 9.59 Å². The van der Waals surface area contributed by atoms with Gasteiger partial charge < -0.3 is 14.8 Å². The highest BCUT2D eigenvalue weighted by molar-refractivity contribution is 5.97. The van der Waals surface area contributed by atoms with Crippen LogP contribution < -0.4 is 0 Å². The second-order valence-corrected chi connectivity index (χ2v) is 7.03. The third kappa shape index (κ3) is 2.56. The van der Waals surface area contributed by atoms with E-state index >= 15 is 0 Å². The molecular weight excluding hydrogens is 304 g/mol. The standard InChI is InChI=1S/C18H22N4O2/c1-11-19-16-6-4-14(7-17(16)20-11)18(24)22-9-13-3-5-15(22)10-21(8-13)12(2)23/h4,6-7,13,15H,3,5,8-10H2,1-2H3,(H,19,20). The summed E-state index contributed by atoms with van der Waals surface area (Å²) in [5.41, 5.74) is 2.46. The van der Waals surface area contributed by atoms with Crippen molar-refractivity contribution in [1.29, 1.82) is 0 Å². The first-order chi connectivity index (χ1) is 11.5. The van der Waals surface area contributed by atoms with Crippen LogP contribution in [0.1, 0.15) is 35.9 Å². The van der Waals surface area contributed by atoms with E-state index in [0.717, 1.165) is 42.8 Å². The Morgan fingerprint density at radius 2 is 2.04 bits per heavy atom. The van der Waals surface area contributed by atoms with E-state index in [1.807, 2.05) is 34.9 Å². The van der Waals surface area contributed by atoms with Gasteiger partial charge in [-0.1, -0.05) is 0 Å². The number of amides is 2. The van der Waals surface area contributed by atoms with E-state index in [-0.39, 0.29) is 17.9 Å². The number of aromatic nitrogens is 2. The summed E-state index contributed by atoms with van der Waals surface area (Å²) in [6.45, 7) is 5.70. The molecule has 0 saturated carbocycles. The molecule has 126 valence electrons. The zero-order chi connectivity index (χ0) is 16.8. The lowest BCUT2D eigenvalue weighted by Crippen LogP contribution is -2.47. The van der Waals surface area contributed by atoms with E-state index in [1.165, 1.54) is 0 Å². The van der Waals surface area contributed by atoms with Gasteiger partial charge in [0.1, 0.15) is 5.82 Å². The fraction of sp³-hybridized carbons (Fsp3) is 0.500. The number of hydrogen-bond donors (Lipinski definition) is 1. The lowest BCUT2D eigenvalue weighted by molar-refractivity contribution is -0.129. The molecule has 1 aromatic carbocycles. The highest BCUT2D eigenvalue weighted by atomic mass is 16.2. The minimum Gasteiger partial charge on any atom is -0.342 e. The third-order valence-corrected chi connectivity index (χ3v) is 5.27. The van der Waals surface area contributed by atoms with Crippen molar-refractivity contribution >= 4 is 22.8 Å². The van der Waals surface area contributed by atoms with Gasteiger partial charge in [0.2, 0.25) is 5.91 Å². The van der Waals surface area contributed by atoms with Crippen molar-refractivity contribution in [3.05, 3.63) is 29.6 Å². The number of nitrogens with one attached hydrogen (secondary N) is 1. The maximum Gasteiger partial charge on any atom is 0.254 e. The maximum absolute atomic E-state index is 13.1. The van der Waals surface area contributed by atoms with Gasteiger partial charge in [-0.2, -0.15) is 0 Å². The van der Waals surface area contributed by atoms with E-state index < -0.39 is 0 Å². The van der Waals surface area contributed by atoms with Gasteiger partial charge in [0.15, 0.2) is 0 Å². The average molecular weight is 326 g/mol. The molecule has 6 heteroatoms. The molecule has 2 amide bonds. The summed E-state index contributed by atoms with van der Waals surface area (Å²) in [6.07, 6.45) is 2.07. The van der Waals surface area contributed by atoms with Crippen LogP contribution in [-0.4, -0.2) is 57.3 Å². The predicted molar refractivity (Wildman–Crippen MR) is 90.6 cm³/mol. The molecule has 0 radical (unpaired) electrons. The van der Waals surface area contributed by atoms with E-state index in [2.05, 4.69) is 9.97 Å². The van der Waals surface area contributed by atoms with E-state index in [9.17, 15) is 9.59 Å². The molecule has 2 unspecified atom stereocenters. The number of H-pyrrole nitrogens is 1. The van der Waals surface area contributed by atoms with Gasteiger partial charge >= 0.3 is 0 Å². The SMILES string of the molecule is CC(=O)N1CC2CCC(C1)N(C(=O)c1ccc3nc(C)[nH]c3c1)C2. The van der Waals surface area contributed by atoms with Crippen molar-refractivity contribution in [3.63, 3.8) is 0 Å². The molecule has 0 spiro atoms. The highest BCUT2D eigenvalue weighted by Gasteiger charge is 2.38. The molecule has 24 heavy (non-hydrogen) atoms. The molecule has 3 saturated heterocycles. The quantitative estimate of drug-likeness (QED) is 0.871. The Kier molecular flexibility index (Phi) is 3.55. The number of hydrogen-bond acceptors (Lipinski definition) is 3. The molecule has 1 N–H and O–H groups in total. The number of rotatable bonds is 1. The van der Waals surface area contributed by atoms with Gasteiger partial charge in [0, 0.05) is 38.2 Å². The van der Waals surface area contributed by atoms with E-state index in [4.69, 9.17) is 0 Å². The fourth-order valence-corrected chi connectivity index (χ4v) is 4.02. The predicted octanol–water partition coefficient (Wildman–Crippen LogP) is 1.95. The molecule has 4 heterocycles. The number of nitrogens with zero attached hydrogens (tertiary/aromatic N) is 3. The Bertz CT molecular complexity index is 812. The molecule has 2 bridgehead atoms. The van der Waals surface area contributed by atoms with Crippen LogP contribution in [-0.2, 0) is 4.79 Å². The minimum atomic E-state index is 0.0595. The second kappa shape index (κ2) is 5.61. The van der Waals surface area contributed by atoms with Crippen molar-refractivity contribution in [2.75, 3.05) is 19.6 Å². The zero-order valence-corrected chi connectivity index (χ0v) is 14.1. The first-order valence-corrected chi connectivity index (χ1v) is 8.54. The van der Waals surface area contributed by atoms with Gasteiger partial charge in [-0.15, -0.1) is 0 Å². The van der Waals surface area contributed by atoms with Crippen LogP contribution in [0.3, 0.4) is 0 Å². The van der Waals surface area contributed by atoms with Gasteiger partial charge in [-0.25, -0.2) is 4.98 Å². The fourth-order valence-electron chi connectivity index (χ4n) is 4.02. The molecule has 0 aliphatic carbocycles. The zero-order valence-electron chi connectivity index (χ0n) is 14.1. The molecule has 1 aromatic heterocycles. The first-order valence-electron chi connectivity index (χ1n) is 8.54. The lowest BCUT2D eigenvalue weighted by Gasteiger charge is -2.36. The van der Waals surface area contributed by atoms with Gasteiger partial charge in [0.25, 0.3) is 5.91 Å². The molecular formula is C18H22N4O2. The topological polar surface area (TPSA) is 69.3 Å². The number of carbonyl (C=O) groups is 2. The van der Waals surface area contributed by atoms with Gasteiger partial charge in [-0.05, 0) is 43.9 Å². The number of imidazole rings is 1. The van der Waals surface area contributed by atoms with Crippen molar-refractivity contribution in [2.24, 2.45) is 5.92 Å². The summed E-state index contributed by atoms with van der Waals surface area (Å²) in [5.74, 6) is 1.40. The minimum absolute atomic E-state index is 0.0595. The molecule has 3 aliphatic rings. The average Bonchev–Trinajstić information content (AvgIpc) is 2.73. The molecule has 3 aliphatic heterocycles. The molecule has 2 aromatic rings. The number of aryl methyl sites for hydroxylation is 1. The number of fused-ring (bicyclic) bond motifs is 5. The number of benzene rings is 1. The third-order valence-electron chi connectivity index (χ3n) is 5.27. The Morgan fingerprint density at radius 3 is 2.83 bits per heavy atom. The molecule has 5 rings (SSSR count). The summed E-state index contributed by atoms with van der Waals surface area (Å²) in [4.78, 5) is 36.3. The largest absolute Gasteiger partial charge is 0.342 e. The van der Waals surface area contributed by atoms with Crippen LogP contribution in [0.25, 0.3) is 11.0 Å². The summed E-state index contributed by atoms with van der Waals surface area (Å²) in [7, 11) is 0. The van der Waals surface area contributed by atoms with Crippen LogP contribution >= 0.6 is 0 Å². The van der Waals surface area contributed by atoms with Crippen LogP contribution in [0, 0.1) is 12.8 Å². The molecule has 6 nitrogen and oxygen atoms in total. The van der Waals surface area contributed by atoms with E-state index in [1.54, 1.807) is 6.92 Å². The smallest absolute Gasteiger partial charge is 0.254 e. The van der Waals surface area contributed by atoms with Crippen LogP contribution in [0.15, 0.2) is 18.2 Å². The Hall–Kier alpha value is -2.37. The van der Waals surface area contributed by atoms with Gasteiger partial charge in [-0.3, -0.25) is 9.59 Å². The number of carbonyl (C=O) groups excluding carboxylic acids is 2. The lowest BCUT2D eigenvalue weighted by atomic mass is 9.94.